The van der Waals surface area contributed by atoms with Gasteiger partial charge in [-0.3, -0.25) is 4.40 Å². The molecule has 6 nitrogen and oxygen atoms in total. The molecule has 0 spiro atoms. The van der Waals surface area contributed by atoms with Gasteiger partial charge in [0.1, 0.15) is 0 Å². The number of hydrogen-bond acceptors (Lipinski definition) is 4. The zero-order valence-corrected chi connectivity index (χ0v) is 9.30. The van der Waals surface area contributed by atoms with Gasteiger partial charge in [0.05, 0.1) is 12.6 Å². The molecule has 0 aliphatic carbocycles. The Morgan fingerprint density at radius 1 is 1.47 bits per heavy atom. The highest BCUT2D eigenvalue weighted by molar-refractivity contribution is 5.98. The fourth-order valence-corrected chi connectivity index (χ4v) is 1.59. The van der Waals surface area contributed by atoms with Crippen LogP contribution in [0.5, 0.6) is 0 Å². The number of nitrogens with zero attached hydrogens (tertiary/aromatic N) is 2. The number of esters is 1. The predicted molar refractivity (Wildman–Crippen MR) is 58.2 cm³/mol. The lowest BCUT2D eigenvalue weighted by Crippen LogP contribution is -2.04. The van der Waals surface area contributed by atoms with Crippen LogP contribution in [-0.2, 0) is 4.74 Å². The number of methoxy groups -OCH3 is 1. The number of imidazole rings is 1. The first kappa shape index (κ1) is 11.1. The number of aryl methyl sites for hydroxylation is 1. The third-order valence-corrected chi connectivity index (χ3v) is 2.37. The second-order valence-electron chi connectivity index (χ2n) is 3.54. The lowest BCUT2D eigenvalue weighted by Gasteiger charge is -1.98. The molecule has 0 radical (unpaired) electrons. The van der Waals surface area contributed by atoms with E-state index in [-0.39, 0.29) is 11.5 Å². The van der Waals surface area contributed by atoms with Crippen molar-refractivity contribution < 1.29 is 19.4 Å². The van der Waals surface area contributed by atoms with Crippen LogP contribution in [0.3, 0.4) is 0 Å². The minimum atomic E-state index is -1.20. The van der Waals surface area contributed by atoms with Gasteiger partial charge in [-0.1, -0.05) is 0 Å². The summed E-state index contributed by atoms with van der Waals surface area (Å²) in [5, 5.41) is 8.98. The third-order valence-electron chi connectivity index (χ3n) is 2.37. The number of aromatic carboxylic acids is 1. The van der Waals surface area contributed by atoms with E-state index >= 15 is 0 Å². The number of ether oxygens (including phenoxy) is 1. The highest BCUT2D eigenvalue weighted by Crippen LogP contribution is 2.16. The fourth-order valence-electron chi connectivity index (χ4n) is 1.59. The molecule has 0 fully saturated rings. The standard InChI is InChI=1S/C11H10N2O4/c1-6-3-4-13-7(5-6)8(11(16)17-2)12-9(13)10(14)15/h3-5H,1-2H3,(H,14,15). The minimum Gasteiger partial charge on any atom is -0.475 e. The van der Waals surface area contributed by atoms with Gasteiger partial charge in [-0.25, -0.2) is 14.6 Å². The summed E-state index contributed by atoms with van der Waals surface area (Å²) in [5.74, 6) is -2.06. The normalized spacial score (nSPS) is 10.5. The number of fused-ring (bicyclic) bond motifs is 1. The lowest BCUT2D eigenvalue weighted by molar-refractivity contribution is 0.0597. The molecule has 0 aliphatic rings. The Morgan fingerprint density at radius 2 is 2.18 bits per heavy atom. The second kappa shape index (κ2) is 3.89. The molecule has 0 saturated carbocycles. The highest BCUT2D eigenvalue weighted by atomic mass is 16.5. The summed E-state index contributed by atoms with van der Waals surface area (Å²) in [4.78, 5) is 26.3. The van der Waals surface area contributed by atoms with E-state index in [0.29, 0.717) is 5.52 Å². The van der Waals surface area contributed by atoms with Crippen molar-refractivity contribution in [2.75, 3.05) is 7.11 Å². The number of carboxylic acids is 1. The molecule has 0 unspecified atom stereocenters. The highest BCUT2D eigenvalue weighted by Gasteiger charge is 2.21. The molecule has 0 bridgehead atoms. The number of carbonyl (C=O) groups excluding carboxylic acids is 1. The summed E-state index contributed by atoms with van der Waals surface area (Å²) in [6.45, 7) is 1.84. The molecule has 0 saturated heterocycles. The van der Waals surface area contributed by atoms with Crippen LogP contribution >= 0.6 is 0 Å². The summed E-state index contributed by atoms with van der Waals surface area (Å²) in [7, 11) is 1.23. The van der Waals surface area contributed by atoms with Gasteiger partial charge in [0.25, 0.3) is 0 Å². The molecule has 2 aromatic rings. The zero-order chi connectivity index (χ0) is 12.6. The topological polar surface area (TPSA) is 80.9 Å². The van der Waals surface area contributed by atoms with Crippen molar-refractivity contribution in [2.24, 2.45) is 0 Å². The molecule has 17 heavy (non-hydrogen) atoms. The van der Waals surface area contributed by atoms with Crippen molar-refractivity contribution in [1.29, 1.82) is 0 Å². The predicted octanol–water partition coefficient (Wildman–Crippen LogP) is 1.13. The Kier molecular flexibility index (Phi) is 2.55. The molecular weight excluding hydrogens is 224 g/mol. The van der Waals surface area contributed by atoms with Crippen molar-refractivity contribution in [3.63, 3.8) is 0 Å². The van der Waals surface area contributed by atoms with Gasteiger partial charge in [0, 0.05) is 6.20 Å². The maximum absolute atomic E-state index is 11.5. The van der Waals surface area contributed by atoms with E-state index in [2.05, 4.69) is 9.72 Å². The molecule has 0 aliphatic heterocycles. The van der Waals surface area contributed by atoms with Crippen LogP contribution in [0.1, 0.15) is 26.7 Å². The van der Waals surface area contributed by atoms with Gasteiger partial charge in [-0.15, -0.1) is 0 Å². The monoisotopic (exact) mass is 234 g/mol. The summed E-state index contributed by atoms with van der Waals surface area (Å²) in [6, 6.07) is 3.42. The molecule has 1 N–H and O–H groups in total. The van der Waals surface area contributed by atoms with Crippen LogP contribution in [0.25, 0.3) is 5.52 Å². The first-order valence-electron chi connectivity index (χ1n) is 4.85. The van der Waals surface area contributed by atoms with E-state index in [4.69, 9.17) is 5.11 Å². The smallest absolute Gasteiger partial charge is 0.372 e. The molecule has 0 atom stereocenters. The van der Waals surface area contributed by atoms with Crippen LogP contribution in [0.2, 0.25) is 0 Å². The quantitative estimate of drug-likeness (QED) is 0.787. The maximum Gasteiger partial charge on any atom is 0.372 e. The Hall–Kier alpha value is -2.37. The number of aromatic nitrogens is 2. The van der Waals surface area contributed by atoms with E-state index in [1.165, 1.54) is 11.5 Å². The van der Waals surface area contributed by atoms with Gasteiger partial charge in [0.15, 0.2) is 5.69 Å². The van der Waals surface area contributed by atoms with Gasteiger partial charge >= 0.3 is 11.9 Å². The van der Waals surface area contributed by atoms with Gasteiger partial charge < -0.3 is 9.84 Å². The second-order valence-corrected chi connectivity index (χ2v) is 3.54. The van der Waals surface area contributed by atoms with Crippen LogP contribution in [-0.4, -0.2) is 33.5 Å². The number of rotatable bonds is 2. The van der Waals surface area contributed by atoms with Crippen molar-refractivity contribution in [3.05, 3.63) is 35.4 Å². The molecule has 6 heteroatoms. The Bertz CT molecular complexity index is 615. The van der Waals surface area contributed by atoms with Crippen LogP contribution in [0, 0.1) is 6.92 Å². The summed E-state index contributed by atoms with van der Waals surface area (Å²) in [6.07, 6.45) is 1.56. The average molecular weight is 234 g/mol. The first-order chi connectivity index (χ1) is 8.04. The van der Waals surface area contributed by atoms with Crippen LogP contribution < -0.4 is 0 Å². The maximum atomic E-state index is 11.5. The summed E-state index contributed by atoms with van der Waals surface area (Å²) < 4.78 is 5.92. The zero-order valence-electron chi connectivity index (χ0n) is 9.30. The molecule has 0 amide bonds. The van der Waals surface area contributed by atoms with E-state index in [0.717, 1.165) is 5.56 Å². The number of carbonyl (C=O) groups is 2. The summed E-state index contributed by atoms with van der Waals surface area (Å²) >= 11 is 0. The van der Waals surface area contributed by atoms with Crippen molar-refractivity contribution >= 4 is 17.5 Å². The van der Waals surface area contributed by atoms with Crippen molar-refractivity contribution in [2.45, 2.75) is 6.92 Å². The van der Waals surface area contributed by atoms with Crippen molar-refractivity contribution in [3.8, 4) is 0 Å². The molecular formula is C11H10N2O4. The molecule has 0 aromatic carbocycles. The van der Waals surface area contributed by atoms with Crippen molar-refractivity contribution in [1.82, 2.24) is 9.38 Å². The molecule has 2 heterocycles. The minimum absolute atomic E-state index is 0.00796. The van der Waals surface area contributed by atoms with Crippen LogP contribution in [0.4, 0.5) is 0 Å². The number of hydrogen-bond donors (Lipinski definition) is 1. The van der Waals surface area contributed by atoms with E-state index < -0.39 is 11.9 Å². The SMILES string of the molecule is COC(=O)c1nc(C(=O)O)n2ccc(C)cc12. The van der Waals surface area contributed by atoms with Gasteiger partial charge in [-0.2, -0.15) is 0 Å². The molecule has 2 rings (SSSR count). The lowest BCUT2D eigenvalue weighted by atomic mass is 10.2. The summed E-state index contributed by atoms with van der Waals surface area (Å²) in [5.41, 5.74) is 1.34. The Balaban J connectivity index is 2.80. The largest absolute Gasteiger partial charge is 0.475 e. The molecule has 2 aromatic heterocycles. The number of carboxylic acid groups (broad SMARTS) is 1. The Morgan fingerprint density at radius 3 is 2.76 bits per heavy atom. The average Bonchev–Trinajstić information content (AvgIpc) is 2.66. The Labute approximate surface area is 96.5 Å². The van der Waals surface area contributed by atoms with E-state index in [1.807, 2.05) is 6.92 Å². The first-order valence-corrected chi connectivity index (χ1v) is 4.85. The fraction of sp³-hybridized carbons (Fsp3) is 0.182. The van der Waals surface area contributed by atoms with E-state index in [9.17, 15) is 9.59 Å². The van der Waals surface area contributed by atoms with Gasteiger partial charge in [-0.05, 0) is 24.6 Å². The van der Waals surface area contributed by atoms with Crippen LogP contribution in [0.15, 0.2) is 18.3 Å². The van der Waals surface area contributed by atoms with E-state index in [1.54, 1.807) is 18.3 Å². The molecule has 88 valence electrons. The third kappa shape index (κ3) is 1.73. The van der Waals surface area contributed by atoms with Gasteiger partial charge in [0.2, 0.25) is 5.82 Å². The number of pyridine rings is 1.